The Morgan fingerprint density at radius 2 is 2.60 bits per heavy atom. The highest BCUT2D eigenvalue weighted by atomic mass is 16.5. The van der Waals surface area contributed by atoms with Crippen LogP contribution in [0.4, 0.5) is 0 Å². The summed E-state index contributed by atoms with van der Waals surface area (Å²) in [5.74, 6) is 0. The second-order valence-corrected chi connectivity index (χ2v) is 1.91. The third-order valence-corrected chi connectivity index (χ3v) is 1.17. The molecule has 1 N–H and O–H groups in total. The molecule has 1 heterocycles. The van der Waals surface area contributed by atoms with Crippen LogP contribution >= 0.6 is 0 Å². The first-order valence-electron chi connectivity index (χ1n) is 3.36. The van der Waals surface area contributed by atoms with Crippen LogP contribution in [0, 0.1) is 0 Å². The molecule has 0 fully saturated rings. The minimum atomic E-state index is 0.725. The lowest BCUT2D eigenvalue weighted by Crippen LogP contribution is -1.97. The Morgan fingerprint density at radius 3 is 3.20 bits per heavy atom. The van der Waals surface area contributed by atoms with Gasteiger partial charge in [0.05, 0.1) is 18.5 Å². The molecule has 4 heteroatoms. The van der Waals surface area contributed by atoms with Crippen molar-refractivity contribution in [3.8, 4) is 0 Å². The van der Waals surface area contributed by atoms with E-state index in [1.54, 1.807) is 6.20 Å². The Kier molecular flexibility index (Phi) is 2.89. The van der Waals surface area contributed by atoms with Crippen LogP contribution in [-0.4, -0.2) is 28.6 Å². The zero-order valence-corrected chi connectivity index (χ0v) is 6.00. The largest absolute Gasteiger partial charge is 0.381 e. The SMILES string of the molecule is CCOCCc1cn[nH]n1. The van der Waals surface area contributed by atoms with E-state index in [4.69, 9.17) is 4.74 Å². The molecule has 1 aromatic rings. The lowest BCUT2D eigenvalue weighted by Gasteiger charge is -1.95. The molecule has 1 aromatic heterocycles. The smallest absolute Gasteiger partial charge is 0.0847 e. The second kappa shape index (κ2) is 4.00. The first kappa shape index (κ1) is 7.21. The fourth-order valence-electron chi connectivity index (χ4n) is 0.667. The molecule has 0 aliphatic carbocycles. The predicted octanol–water partition coefficient (Wildman–Crippen LogP) is 0.384. The zero-order chi connectivity index (χ0) is 7.23. The third-order valence-electron chi connectivity index (χ3n) is 1.17. The van der Waals surface area contributed by atoms with Crippen LogP contribution in [0.3, 0.4) is 0 Å². The topological polar surface area (TPSA) is 50.8 Å². The summed E-state index contributed by atoms with van der Waals surface area (Å²) in [4.78, 5) is 0. The van der Waals surface area contributed by atoms with Crippen molar-refractivity contribution in [1.29, 1.82) is 0 Å². The van der Waals surface area contributed by atoms with Gasteiger partial charge in [-0.15, -0.1) is 0 Å². The lowest BCUT2D eigenvalue weighted by molar-refractivity contribution is 0.150. The lowest BCUT2D eigenvalue weighted by atomic mass is 10.3. The monoisotopic (exact) mass is 141 g/mol. The second-order valence-electron chi connectivity index (χ2n) is 1.91. The Bertz CT molecular complexity index is 162. The molecule has 4 nitrogen and oxygen atoms in total. The number of hydrogen-bond donors (Lipinski definition) is 1. The molecule has 0 atom stereocenters. The molecule has 10 heavy (non-hydrogen) atoms. The van der Waals surface area contributed by atoms with Crippen molar-refractivity contribution < 1.29 is 4.74 Å². The molecule has 0 saturated heterocycles. The number of H-pyrrole nitrogens is 1. The molecule has 0 spiro atoms. The van der Waals surface area contributed by atoms with E-state index in [1.807, 2.05) is 6.92 Å². The van der Waals surface area contributed by atoms with Gasteiger partial charge < -0.3 is 4.74 Å². The van der Waals surface area contributed by atoms with Crippen molar-refractivity contribution in [2.24, 2.45) is 0 Å². The maximum absolute atomic E-state index is 5.13. The predicted molar refractivity (Wildman–Crippen MR) is 36.6 cm³/mol. The summed E-state index contributed by atoms with van der Waals surface area (Å²) in [5.41, 5.74) is 0.952. The standard InChI is InChI=1S/C6H11N3O/c1-2-10-4-3-6-5-7-9-8-6/h5H,2-4H2,1H3,(H,7,8,9). The van der Waals surface area contributed by atoms with Crippen molar-refractivity contribution in [3.05, 3.63) is 11.9 Å². The minimum Gasteiger partial charge on any atom is -0.381 e. The molecule has 0 aromatic carbocycles. The summed E-state index contributed by atoms with van der Waals surface area (Å²) in [6, 6.07) is 0. The van der Waals surface area contributed by atoms with Gasteiger partial charge in [-0.25, -0.2) is 0 Å². The summed E-state index contributed by atoms with van der Waals surface area (Å²) in [7, 11) is 0. The summed E-state index contributed by atoms with van der Waals surface area (Å²) in [5, 5.41) is 10.1. The Morgan fingerprint density at radius 1 is 1.70 bits per heavy atom. The highest BCUT2D eigenvalue weighted by Gasteiger charge is 1.93. The molecule has 0 aliphatic heterocycles. The number of aromatic amines is 1. The van der Waals surface area contributed by atoms with Gasteiger partial charge in [0.2, 0.25) is 0 Å². The number of ether oxygens (including phenoxy) is 1. The first-order chi connectivity index (χ1) is 4.93. The molecule has 56 valence electrons. The summed E-state index contributed by atoms with van der Waals surface area (Å²) < 4.78 is 5.13. The van der Waals surface area contributed by atoms with E-state index in [9.17, 15) is 0 Å². The van der Waals surface area contributed by atoms with Crippen LogP contribution < -0.4 is 0 Å². The maximum atomic E-state index is 5.13. The van der Waals surface area contributed by atoms with Crippen LogP contribution in [0.15, 0.2) is 6.20 Å². The molecule has 0 aliphatic rings. The molecule has 0 unspecified atom stereocenters. The summed E-state index contributed by atoms with van der Waals surface area (Å²) in [6.45, 7) is 3.46. The van der Waals surface area contributed by atoms with Crippen LogP contribution in [0.1, 0.15) is 12.6 Å². The quantitative estimate of drug-likeness (QED) is 0.617. The average Bonchev–Trinajstić information content (AvgIpc) is 2.41. The van der Waals surface area contributed by atoms with Crippen molar-refractivity contribution in [1.82, 2.24) is 15.4 Å². The van der Waals surface area contributed by atoms with Gasteiger partial charge in [-0.2, -0.15) is 15.4 Å². The molecule has 0 saturated carbocycles. The van der Waals surface area contributed by atoms with Gasteiger partial charge in [-0.05, 0) is 6.92 Å². The summed E-state index contributed by atoms with van der Waals surface area (Å²) in [6.07, 6.45) is 2.54. The highest BCUT2D eigenvalue weighted by molar-refractivity contribution is 4.89. The number of rotatable bonds is 4. The van der Waals surface area contributed by atoms with Gasteiger partial charge in [0.25, 0.3) is 0 Å². The molecule has 0 amide bonds. The van der Waals surface area contributed by atoms with E-state index in [1.165, 1.54) is 0 Å². The number of aromatic nitrogens is 3. The van der Waals surface area contributed by atoms with E-state index in [2.05, 4.69) is 15.4 Å². The normalized spacial score (nSPS) is 10.1. The maximum Gasteiger partial charge on any atom is 0.0847 e. The van der Waals surface area contributed by atoms with Crippen LogP contribution in [0.2, 0.25) is 0 Å². The Hall–Kier alpha value is -0.900. The fourth-order valence-corrected chi connectivity index (χ4v) is 0.667. The van der Waals surface area contributed by atoms with Crippen molar-refractivity contribution in [2.45, 2.75) is 13.3 Å². The van der Waals surface area contributed by atoms with Gasteiger partial charge in [0, 0.05) is 13.0 Å². The molecule has 1 rings (SSSR count). The van der Waals surface area contributed by atoms with Crippen LogP contribution in [0.5, 0.6) is 0 Å². The molecular weight excluding hydrogens is 130 g/mol. The minimum absolute atomic E-state index is 0.725. The highest BCUT2D eigenvalue weighted by Crippen LogP contribution is 1.90. The van der Waals surface area contributed by atoms with Gasteiger partial charge >= 0.3 is 0 Å². The van der Waals surface area contributed by atoms with Gasteiger partial charge in [-0.3, -0.25) is 0 Å². The van der Waals surface area contributed by atoms with Crippen LogP contribution in [0.25, 0.3) is 0 Å². The average molecular weight is 141 g/mol. The van der Waals surface area contributed by atoms with Gasteiger partial charge in [0.15, 0.2) is 0 Å². The molecule has 0 bridgehead atoms. The van der Waals surface area contributed by atoms with E-state index in [0.29, 0.717) is 0 Å². The fraction of sp³-hybridized carbons (Fsp3) is 0.667. The number of hydrogen-bond acceptors (Lipinski definition) is 3. The van der Waals surface area contributed by atoms with Gasteiger partial charge in [-0.1, -0.05) is 0 Å². The number of nitrogens with one attached hydrogen (secondary N) is 1. The van der Waals surface area contributed by atoms with Crippen molar-refractivity contribution in [3.63, 3.8) is 0 Å². The Labute approximate surface area is 59.6 Å². The first-order valence-corrected chi connectivity index (χ1v) is 3.36. The Balaban J connectivity index is 2.15. The van der Waals surface area contributed by atoms with Gasteiger partial charge in [0.1, 0.15) is 0 Å². The molecular formula is C6H11N3O. The van der Waals surface area contributed by atoms with E-state index < -0.39 is 0 Å². The molecule has 0 radical (unpaired) electrons. The van der Waals surface area contributed by atoms with Crippen molar-refractivity contribution in [2.75, 3.05) is 13.2 Å². The zero-order valence-electron chi connectivity index (χ0n) is 6.00. The van der Waals surface area contributed by atoms with Crippen molar-refractivity contribution >= 4 is 0 Å². The van der Waals surface area contributed by atoms with E-state index in [-0.39, 0.29) is 0 Å². The number of nitrogens with zero attached hydrogens (tertiary/aromatic N) is 2. The van der Waals surface area contributed by atoms with E-state index >= 15 is 0 Å². The van der Waals surface area contributed by atoms with Crippen LogP contribution in [-0.2, 0) is 11.2 Å². The summed E-state index contributed by atoms with van der Waals surface area (Å²) >= 11 is 0. The van der Waals surface area contributed by atoms with E-state index in [0.717, 1.165) is 25.3 Å². The third kappa shape index (κ3) is 2.14.